The van der Waals surface area contributed by atoms with Crippen molar-refractivity contribution in [1.82, 2.24) is 4.57 Å². The number of hydrogen-bond acceptors (Lipinski definition) is 2. The van der Waals surface area contributed by atoms with Crippen LogP contribution in [0, 0.1) is 0 Å². The van der Waals surface area contributed by atoms with Gasteiger partial charge in [-0.25, -0.2) is 0 Å². The number of fused-ring (bicyclic) bond motifs is 7. The van der Waals surface area contributed by atoms with Crippen molar-refractivity contribution < 1.29 is 0 Å². The zero-order valence-electron chi connectivity index (χ0n) is 33.2. The second kappa shape index (κ2) is 14.5. The van der Waals surface area contributed by atoms with E-state index in [0.717, 1.165) is 22.7 Å². The fourth-order valence-electron chi connectivity index (χ4n) is 9.31. The van der Waals surface area contributed by atoms with Crippen molar-refractivity contribution in [1.29, 1.82) is 0 Å². The van der Waals surface area contributed by atoms with E-state index >= 15 is 0 Å². The lowest BCUT2D eigenvalue weighted by Crippen LogP contribution is -2.09. The highest BCUT2D eigenvalue weighted by Gasteiger charge is 2.17. The summed E-state index contributed by atoms with van der Waals surface area (Å²) in [5.41, 5.74) is 14.1. The molecule has 0 atom stereocenters. The van der Waals surface area contributed by atoms with Crippen LogP contribution in [-0.2, 0) is 0 Å². The highest BCUT2D eigenvalue weighted by Crippen LogP contribution is 2.42. The van der Waals surface area contributed by atoms with Gasteiger partial charge in [-0.2, -0.15) is 0 Å². The molecule has 2 nitrogen and oxygen atoms in total. The smallest absolute Gasteiger partial charge is 0.0541 e. The predicted molar refractivity (Wildman–Crippen MR) is 262 cm³/mol. The van der Waals surface area contributed by atoms with E-state index < -0.39 is 0 Å². The molecule has 0 fully saturated rings. The average Bonchev–Trinajstić information content (AvgIpc) is 3.88. The molecular weight excluding hydrogens is 757 g/mol. The molecule has 0 saturated heterocycles. The largest absolute Gasteiger partial charge is 0.311 e. The van der Waals surface area contributed by atoms with Gasteiger partial charge < -0.3 is 9.47 Å². The third-order valence-electron chi connectivity index (χ3n) is 12.2. The Balaban J connectivity index is 0.935. The van der Waals surface area contributed by atoms with Crippen LogP contribution in [0.4, 0.5) is 17.1 Å². The molecule has 12 rings (SSSR count). The molecule has 0 aliphatic rings. The molecule has 0 bridgehead atoms. The zero-order valence-corrected chi connectivity index (χ0v) is 34.1. The van der Waals surface area contributed by atoms with Gasteiger partial charge >= 0.3 is 0 Å². The molecular formula is C58H38N2S. The van der Waals surface area contributed by atoms with E-state index in [4.69, 9.17) is 0 Å². The number of para-hydroxylation sites is 2. The summed E-state index contributed by atoms with van der Waals surface area (Å²) in [7, 11) is 0. The lowest BCUT2D eigenvalue weighted by atomic mass is 9.98. The van der Waals surface area contributed by atoms with Crippen LogP contribution in [0.5, 0.6) is 0 Å². The number of hydrogen-bond donors (Lipinski definition) is 0. The van der Waals surface area contributed by atoms with Crippen molar-refractivity contribution in [2.24, 2.45) is 0 Å². The van der Waals surface area contributed by atoms with E-state index in [-0.39, 0.29) is 0 Å². The fraction of sp³-hybridized carbons (Fsp3) is 0. The minimum atomic E-state index is 1.10. The molecule has 0 aliphatic carbocycles. The van der Waals surface area contributed by atoms with Crippen molar-refractivity contribution >= 4 is 81.1 Å². The minimum Gasteiger partial charge on any atom is -0.311 e. The topological polar surface area (TPSA) is 8.17 Å². The van der Waals surface area contributed by atoms with Crippen molar-refractivity contribution in [3.8, 4) is 39.1 Å². The van der Waals surface area contributed by atoms with Crippen LogP contribution in [0.3, 0.4) is 0 Å². The van der Waals surface area contributed by atoms with E-state index in [1.54, 1.807) is 0 Å². The van der Waals surface area contributed by atoms with Crippen LogP contribution in [0.15, 0.2) is 231 Å². The average molecular weight is 795 g/mol. The Morgan fingerprint density at radius 1 is 0.328 bits per heavy atom. The Kier molecular flexibility index (Phi) is 8.39. The maximum absolute atomic E-state index is 2.39. The van der Waals surface area contributed by atoms with Crippen LogP contribution in [-0.4, -0.2) is 4.57 Å². The summed E-state index contributed by atoms with van der Waals surface area (Å²) in [6.07, 6.45) is 0. The first-order valence-electron chi connectivity index (χ1n) is 20.8. The molecule has 2 heterocycles. The molecule has 3 heteroatoms. The van der Waals surface area contributed by atoms with Gasteiger partial charge in [0.25, 0.3) is 0 Å². The summed E-state index contributed by atoms with van der Waals surface area (Å²) in [6, 6.07) is 84.1. The van der Waals surface area contributed by atoms with E-state index in [0.29, 0.717) is 0 Å². The number of benzene rings is 10. The van der Waals surface area contributed by atoms with E-state index in [1.165, 1.54) is 86.1 Å². The molecule has 0 saturated carbocycles. The second-order valence-electron chi connectivity index (χ2n) is 15.7. The monoisotopic (exact) mass is 794 g/mol. The summed E-state index contributed by atoms with van der Waals surface area (Å²) >= 11 is 1.88. The Labute approximate surface area is 358 Å². The summed E-state index contributed by atoms with van der Waals surface area (Å²) in [5, 5.41) is 7.68. The highest BCUT2D eigenvalue weighted by atomic mass is 32.1. The molecule has 286 valence electrons. The number of nitrogens with zero attached hydrogens (tertiary/aromatic N) is 2. The lowest BCUT2D eigenvalue weighted by molar-refractivity contribution is 1.18. The molecule has 2 aromatic heterocycles. The maximum atomic E-state index is 2.39. The quantitative estimate of drug-likeness (QED) is 0.156. The number of rotatable bonds is 7. The van der Waals surface area contributed by atoms with Crippen molar-refractivity contribution in [3.05, 3.63) is 231 Å². The Bertz CT molecular complexity index is 3520. The summed E-state index contributed by atoms with van der Waals surface area (Å²) in [4.78, 5) is 2.37. The first-order chi connectivity index (χ1) is 30.2. The van der Waals surface area contributed by atoms with Gasteiger partial charge in [0.1, 0.15) is 0 Å². The van der Waals surface area contributed by atoms with Gasteiger partial charge in [-0.15, -0.1) is 11.3 Å². The van der Waals surface area contributed by atoms with Crippen LogP contribution in [0.1, 0.15) is 0 Å². The van der Waals surface area contributed by atoms with Gasteiger partial charge in [0.15, 0.2) is 0 Å². The minimum absolute atomic E-state index is 1.10. The van der Waals surface area contributed by atoms with Gasteiger partial charge in [-0.05, 0) is 111 Å². The Hall–Kier alpha value is -7.72. The molecule has 0 N–H and O–H groups in total. The first kappa shape index (κ1) is 35.2. The molecule has 0 spiro atoms. The van der Waals surface area contributed by atoms with Crippen molar-refractivity contribution in [2.75, 3.05) is 4.90 Å². The van der Waals surface area contributed by atoms with Crippen molar-refractivity contribution in [2.45, 2.75) is 0 Å². The first-order valence-corrected chi connectivity index (χ1v) is 21.6. The summed E-state index contributed by atoms with van der Waals surface area (Å²) in [5.74, 6) is 0. The molecule has 12 aromatic rings. The third kappa shape index (κ3) is 6.01. The standard InChI is InChI=1S/C58H38N2S/c1-2-16-48-40(12-1)13-10-20-49(48)41-28-34-45(35-29-41)59(46-36-30-42(31-37-46)50-21-11-22-54-53-19-5-8-25-57(53)61-58(50)54)44-32-26-39(27-33-44)43-14-9-15-47(38-43)60-55-23-6-3-17-51(55)52-18-4-7-24-56(52)60/h1-38H. The number of aromatic nitrogens is 1. The lowest BCUT2D eigenvalue weighted by Gasteiger charge is -2.26. The van der Waals surface area contributed by atoms with Crippen molar-refractivity contribution in [3.63, 3.8) is 0 Å². The van der Waals surface area contributed by atoms with Gasteiger partial charge in [-0.1, -0.05) is 164 Å². The number of anilines is 3. The third-order valence-corrected chi connectivity index (χ3v) is 13.4. The van der Waals surface area contributed by atoms with Crippen LogP contribution in [0.25, 0.3) is 91.8 Å². The van der Waals surface area contributed by atoms with Crippen LogP contribution in [0.2, 0.25) is 0 Å². The van der Waals surface area contributed by atoms with Gasteiger partial charge in [0, 0.05) is 53.7 Å². The highest BCUT2D eigenvalue weighted by molar-refractivity contribution is 7.26. The Morgan fingerprint density at radius 3 is 1.51 bits per heavy atom. The van der Waals surface area contributed by atoms with E-state index in [9.17, 15) is 0 Å². The van der Waals surface area contributed by atoms with Crippen LogP contribution < -0.4 is 4.90 Å². The summed E-state index contributed by atoms with van der Waals surface area (Å²) < 4.78 is 5.04. The SMILES string of the molecule is c1cc(-c2ccc(N(c3ccc(-c4cccc5ccccc45)cc3)c3ccc(-c4cccc5c4sc4ccccc45)cc3)cc2)cc(-n2c3ccccc3c3ccccc32)c1. The molecule has 0 radical (unpaired) electrons. The Morgan fingerprint density at radius 2 is 0.820 bits per heavy atom. The van der Waals surface area contributed by atoms with Gasteiger partial charge in [-0.3, -0.25) is 0 Å². The second-order valence-corrected chi connectivity index (χ2v) is 16.8. The van der Waals surface area contributed by atoms with E-state index in [2.05, 4.69) is 240 Å². The molecule has 0 unspecified atom stereocenters. The van der Waals surface area contributed by atoms with Crippen LogP contribution >= 0.6 is 11.3 Å². The molecule has 10 aromatic carbocycles. The predicted octanol–water partition coefficient (Wildman–Crippen LogP) is 16.8. The zero-order chi connectivity index (χ0) is 40.3. The summed E-state index contributed by atoms with van der Waals surface area (Å²) in [6.45, 7) is 0. The fourth-order valence-corrected chi connectivity index (χ4v) is 10.5. The molecule has 0 aliphatic heterocycles. The van der Waals surface area contributed by atoms with E-state index in [1.807, 2.05) is 11.3 Å². The van der Waals surface area contributed by atoms with Gasteiger partial charge in [0.2, 0.25) is 0 Å². The normalized spacial score (nSPS) is 11.6. The number of thiophene rings is 1. The van der Waals surface area contributed by atoms with Gasteiger partial charge in [0.05, 0.1) is 11.0 Å². The molecule has 0 amide bonds. The molecule has 61 heavy (non-hydrogen) atoms. The maximum Gasteiger partial charge on any atom is 0.0541 e.